The second kappa shape index (κ2) is 10.0. The van der Waals surface area contributed by atoms with Gasteiger partial charge in [0.2, 0.25) is 0 Å². The molecule has 0 saturated heterocycles. The van der Waals surface area contributed by atoms with Crippen molar-refractivity contribution in [1.29, 1.82) is 0 Å². The standard InChI is InChI=1S/C25H29N7O4/c1-14(2)32-25-20(24(26)28-13-29-25)21(30-32)22-19(23(36-31-22)16-6-7-16)17-8-5-15(12-27-17)9-11-35-10-3-4-18(33)34/h5,8,12-14,16H,3-4,6-7,9-11H2,1-2H3,(H,33,34)(H2,26,28,29). The number of nitrogens with two attached hydrogens (primary N) is 1. The molecule has 0 radical (unpaired) electrons. The van der Waals surface area contributed by atoms with Gasteiger partial charge in [0.15, 0.2) is 5.65 Å². The summed E-state index contributed by atoms with van der Waals surface area (Å²) in [7, 11) is 0. The highest BCUT2D eigenvalue weighted by atomic mass is 16.5. The van der Waals surface area contributed by atoms with Gasteiger partial charge in [0.05, 0.1) is 23.3 Å². The predicted octanol–water partition coefficient (Wildman–Crippen LogP) is 4.01. The van der Waals surface area contributed by atoms with Gasteiger partial charge in [-0.2, -0.15) is 5.10 Å². The number of anilines is 1. The lowest BCUT2D eigenvalue weighted by molar-refractivity contribution is -0.137. The molecule has 0 unspecified atom stereocenters. The molecule has 1 aliphatic carbocycles. The van der Waals surface area contributed by atoms with E-state index in [9.17, 15) is 4.79 Å². The molecule has 1 fully saturated rings. The summed E-state index contributed by atoms with van der Waals surface area (Å²) in [5, 5.41) is 18.6. The zero-order chi connectivity index (χ0) is 25.2. The number of fused-ring (bicyclic) bond motifs is 1. The Kier molecular flexibility index (Phi) is 6.64. The third-order valence-corrected chi connectivity index (χ3v) is 6.19. The number of aliphatic carboxylic acids is 1. The zero-order valence-corrected chi connectivity index (χ0v) is 20.3. The fraction of sp³-hybridized carbons (Fsp3) is 0.440. The molecule has 3 N–H and O–H groups in total. The van der Waals surface area contributed by atoms with Gasteiger partial charge in [-0.25, -0.2) is 14.6 Å². The number of nitrogens with zero attached hydrogens (tertiary/aromatic N) is 6. The first kappa shape index (κ1) is 23.9. The summed E-state index contributed by atoms with van der Waals surface area (Å²) in [6, 6.07) is 4.04. The number of carboxylic acid groups (broad SMARTS) is 1. The Balaban J connectivity index is 1.44. The SMILES string of the molecule is CC(C)n1nc(-c2noc(C3CC3)c2-c2ccc(CCOCCCC(=O)O)cn2)c2c(N)ncnc21. The van der Waals surface area contributed by atoms with Crippen molar-refractivity contribution in [3.63, 3.8) is 0 Å². The molecule has 11 nitrogen and oxygen atoms in total. The van der Waals surface area contributed by atoms with Gasteiger partial charge >= 0.3 is 5.97 Å². The normalized spacial score (nSPS) is 13.6. The van der Waals surface area contributed by atoms with Crippen molar-refractivity contribution in [2.75, 3.05) is 18.9 Å². The lowest BCUT2D eigenvalue weighted by atomic mass is 10.0. The fourth-order valence-corrected chi connectivity index (χ4v) is 4.20. The maximum absolute atomic E-state index is 10.6. The second-order valence-corrected chi connectivity index (χ2v) is 9.30. The highest BCUT2D eigenvalue weighted by Crippen LogP contribution is 2.48. The smallest absolute Gasteiger partial charge is 0.303 e. The van der Waals surface area contributed by atoms with Gasteiger partial charge < -0.3 is 20.1 Å². The topological polar surface area (TPSA) is 155 Å². The van der Waals surface area contributed by atoms with Crippen molar-refractivity contribution in [3.05, 3.63) is 36.0 Å². The summed E-state index contributed by atoms with van der Waals surface area (Å²) in [5.74, 6) is 0.662. The summed E-state index contributed by atoms with van der Waals surface area (Å²) in [6.07, 6.45) is 6.66. The molecule has 0 amide bonds. The van der Waals surface area contributed by atoms with Crippen molar-refractivity contribution in [1.82, 2.24) is 29.9 Å². The third-order valence-electron chi connectivity index (χ3n) is 6.19. The van der Waals surface area contributed by atoms with Crippen LogP contribution >= 0.6 is 0 Å². The number of carbonyl (C=O) groups is 1. The summed E-state index contributed by atoms with van der Waals surface area (Å²) in [6.45, 7) is 4.99. The van der Waals surface area contributed by atoms with Gasteiger partial charge in [0, 0.05) is 31.2 Å². The summed E-state index contributed by atoms with van der Waals surface area (Å²) >= 11 is 0. The average molecular weight is 492 g/mol. The Morgan fingerprint density at radius 2 is 2.06 bits per heavy atom. The van der Waals surface area contributed by atoms with Gasteiger partial charge in [0.25, 0.3) is 0 Å². The van der Waals surface area contributed by atoms with E-state index >= 15 is 0 Å². The summed E-state index contributed by atoms with van der Waals surface area (Å²) < 4.78 is 13.2. The summed E-state index contributed by atoms with van der Waals surface area (Å²) in [4.78, 5) is 23.9. The number of hydrogen-bond acceptors (Lipinski definition) is 9. The van der Waals surface area contributed by atoms with Crippen molar-refractivity contribution in [2.45, 2.75) is 57.9 Å². The van der Waals surface area contributed by atoms with Gasteiger partial charge in [-0.3, -0.25) is 9.78 Å². The Bertz CT molecular complexity index is 1370. The number of carboxylic acids is 1. The van der Waals surface area contributed by atoms with Gasteiger partial charge in [-0.15, -0.1) is 0 Å². The van der Waals surface area contributed by atoms with Crippen LogP contribution in [0.15, 0.2) is 29.2 Å². The number of ether oxygens (including phenoxy) is 1. The molecular weight excluding hydrogens is 462 g/mol. The van der Waals surface area contributed by atoms with E-state index in [4.69, 9.17) is 30.2 Å². The maximum atomic E-state index is 10.6. The van der Waals surface area contributed by atoms with E-state index in [1.807, 2.05) is 36.9 Å². The Labute approximate surface area is 207 Å². The first-order valence-corrected chi connectivity index (χ1v) is 12.2. The molecule has 5 rings (SSSR count). The van der Waals surface area contributed by atoms with Crippen molar-refractivity contribution >= 4 is 22.8 Å². The molecule has 11 heteroatoms. The number of nitrogen functional groups attached to an aromatic ring is 1. The highest BCUT2D eigenvalue weighted by Gasteiger charge is 2.35. The van der Waals surface area contributed by atoms with E-state index in [1.165, 1.54) is 6.33 Å². The van der Waals surface area contributed by atoms with Gasteiger partial charge in [-0.1, -0.05) is 11.2 Å². The molecule has 0 aromatic carbocycles. The molecule has 0 bridgehead atoms. The lowest BCUT2D eigenvalue weighted by Gasteiger charge is -2.06. The van der Waals surface area contributed by atoms with Crippen LogP contribution in [0.25, 0.3) is 33.7 Å². The van der Waals surface area contributed by atoms with E-state index < -0.39 is 5.97 Å². The van der Waals surface area contributed by atoms with Crippen LogP contribution < -0.4 is 5.73 Å². The maximum Gasteiger partial charge on any atom is 0.303 e. The lowest BCUT2D eigenvalue weighted by Crippen LogP contribution is -2.04. The molecule has 1 aliphatic rings. The monoisotopic (exact) mass is 491 g/mol. The molecule has 4 heterocycles. The first-order valence-electron chi connectivity index (χ1n) is 12.2. The highest BCUT2D eigenvalue weighted by molar-refractivity contribution is 6.00. The molecule has 188 valence electrons. The van der Waals surface area contributed by atoms with Crippen molar-refractivity contribution in [2.24, 2.45) is 0 Å². The number of hydrogen-bond donors (Lipinski definition) is 2. The van der Waals surface area contributed by atoms with Crippen LogP contribution in [0.2, 0.25) is 0 Å². The van der Waals surface area contributed by atoms with Crippen LogP contribution in [-0.2, 0) is 16.0 Å². The molecule has 1 saturated carbocycles. The Morgan fingerprint density at radius 1 is 1.22 bits per heavy atom. The molecule has 0 atom stereocenters. The zero-order valence-electron chi connectivity index (χ0n) is 20.3. The van der Waals surface area contributed by atoms with Crippen molar-refractivity contribution < 1.29 is 19.2 Å². The molecule has 0 aliphatic heterocycles. The van der Waals surface area contributed by atoms with Crippen LogP contribution in [0.1, 0.15) is 62.8 Å². The molecule has 0 spiro atoms. The van der Waals surface area contributed by atoms with E-state index in [2.05, 4.69) is 15.1 Å². The number of pyridine rings is 1. The number of aromatic nitrogens is 6. The summed E-state index contributed by atoms with van der Waals surface area (Å²) in [5.41, 5.74) is 10.7. The predicted molar refractivity (Wildman–Crippen MR) is 132 cm³/mol. The van der Waals surface area contributed by atoms with Crippen LogP contribution in [0, 0.1) is 0 Å². The molecular formula is C25H29N7O4. The Hall–Kier alpha value is -3.86. The van der Waals surface area contributed by atoms with Crippen molar-refractivity contribution in [3.8, 4) is 22.6 Å². The van der Waals surface area contributed by atoms with E-state index in [0.717, 1.165) is 35.4 Å². The fourth-order valence-electron chi connectivity index (χ4n) is 4.20. The second-order valence-electron chi connectivity index (χ2n) is 9.30. The molecule has 4 aromatic rings. The van der Waals surface area contributed by atoms with Crippen LogP contribution in [-0.4, -0.2) is 54.2 Å². The third kappa shape index (κ3) is 4.78. The van der Waals surface area contributed by atoms with Crippen LogP contribution in [0.5, 0.6) is 0 Å². The van der Waals surface area contributed by atoms with E-state index in [-0.39, 0.29) is 12.5 Å². The minimum absolute atomic E-state index is 0.0672. The minimum atomic E-state index is -0.809. The van der Waals surface area contributed by atoms with Crippen LogP contribution in [0.3, 0.4) is 0 Å². The minimum Gasteiger partial charge on any atom is -0.481 e. The largest absolute Gasteiger partial charge is 0.481 e. The van der Waals surface area contributed by atoms with Gasteiger partial charge in [-0.05, 0) is 51.2 Å². The average Bonchev–Trinajstić information content (AvgIpc) is 3.48. The Morgan fingerprint density at radius 3 is 2.75 bits per heavy atom. The van der Waals surface area contributed by atoms with E-state index in [0.29, 0.717) is 60.2 Å². The first-order chi connectivity index (χ1) is 17.4. The molecule has 4 aromatic heterocycles. The molecule has 36 heavy (non-hydrogen) atoms. The quantitative estimate of drug-likeness (QED) is 0.294. The van der Waals surface area contributed by atoms with E-state index in [1.54, 1.807) is 0 Å². The number of rotatable bonds is 11. The van der Waals surface area contributed by atoms with Gasteiger partial charge in [0.1, 0.15) is 29.3 Å². The van der Waals surface area contributed by atoms with Crippen LogP contribution in [0.4, 0.5) is 5.82 Å².